The van der Waals surface area contributed by atoms with Gasteiger partial charge in [-0.1, -0.05) is 30.9 Å². The Morgan fingerprint density at radius 3 is 2.76 bits per heavy atom. The van der Waals surface area contributed by atoms with Crippen molar-refractivity contribution in [1.29, 1.82) is 0 Å². The molecule has 1 fully saturated rings. The molecule has 1 aromatic rings. The monoisotopic (exact) mass is 253 g/mol. The molecule has 1 aliphatic carbocycles. The lowest BCUT2D eigenvalue weighted by molar-refractivity contribution is 0.416. The number of nitrogens with zero attached hydrogens (tertiary/aromatic N) is 2. The van der Waals surface area contributed by atoms with Crippen LogP contribution in [0.2, 0.25) is 5.02 Å². The lowest BCUT2D eigenvalue weighted by atomic mass is 9.94. The van der Waals surface area contributed by atoms with Gasteiger partial charge in [-0.05, 0) is 18.9 Å². The molecule has 0 aliphatic heterocycles. The van der Waals surface area contributed by atoms with E-state index in [0.29, 0.717) is 12.6 Å². The predicted molar refractivity (Wildman–Crippen MR) is 72.5 cm³/mol. The van der Waals surface area contributed by atoms with E-state index in [1.54, 1.807) is 12.4 Å². The summed E-state index contributed by atoms with van der Waals surface area (Å²) in [5.74, 6) is 0. The van der Waals surface area contributed by atoms with E-state index < -0.39 is 0 Å². The van der Waals surface area contributed by atoms with Gasteiger partial charge in [0.05, 0.1) is 10.7 Å². The van der Waals surface area contributed by atoms with Crippen LogP contribution in [0, 0.1) is 0 Å². The van der Waals surface area contributed by atoms with Crippen molar-refractivity contribution in [2.24, 2.45) is 5.73 Å². The Hall–Kier alpha value is -0.800. The molecule has 2 N–H and O–H groups in total. The summed E-state index contributed by atoms with van der Waals surface area (Å²) in [6.45, 7) is 1.53. The second-order valence-corrected chi connectivity index (χ2v) is 5.01. The predicted octanol–water partition coefficient (Wildman–Crippen LogP) is 2.83. The molecular formula is C13H20ClN3. The summed E-state index contributed by atoms with van der Waals surface area (Å²) < 4.78 is 0. The van der Waals surface area contributed by atoms with Crippen LogP contribution in [0.1, 0.15) is 32.1 Å². The van der Waals surface area contributed by atoms with Gasteiger partial charge in [-0.3, -0.25) is 4.98 Å². The number of anilines is 1. The van der Waals surface area contributed by atoms with E-state index >= 15 is 0 Å². The van der Waals surface area contributed by atoms with Gasteiger partial charge in [-0.15, -0.1) is 0 Å². The number of nitrogens with two attached hydrogens (primary N) is 1. The van der Waals surface area contributed by atoms with Crippen molar-refractivity contribution in [3.63, 3.8) is 0 Å². The van der Waals surface area contributed by atoms with Gasteiger partial charge in [0.2, 0.25) is 0 Å². The van der Waals surface area contributed by atoms with Crippen LogP contribution < -0.4 is 10.6 Å². The zero-order valence-corrected chi connectivity index (χ0v) is 10.9. The van der Waals surface area contributed by atoms with Gasteiger partial charge >= 0.3 is 0 Å². The standard InChI is InChI=1S/C13H20ClN3/c14-12-10-16-8-6-13(12)17(9-7-15)11-4-2-1-3-5-11/h6,8,10-11H,1-5,7,9,15H2. The molecule has 0 aromatic carbocycles. The maximum absolute atomic E-state index is 6.23. The Morgan fingerprint density at radius 2 is 2.12 bits per heavy atom. The van der Waals surface area contributed by atoms with E-state index in [2.05, 4.69) is 9.88 Å². The van der Waals surface area contributed by atoms with Crippen LogP contribution in [0.4, 0.5) is 5.69 Å². The fourth-order valence-electron chi connectivity index (χ4n) is 2.63. The van der Waals surface area contributed by atoms with Crippen LogP contribution in [0.3, 0.4) is 0 Å². The summed E-state index contributed by atoms with van der Waals surface area (Å²) in [7, 11) is 0. The van der Waals surface area contributed by atoms with Crippen LogP contribution in [-0.4, -0.2) is 24.1 Å². The van der Waals surface area contributed by atoms with E-state index in [0.717, 1.165) is 17.3 Å². The molecule has 1 aliphatic rings. The Kier molecular flexibility index (Phi) is 4.63. The number of hydrogen-bond acceptors (Lipinski definition) is 3. The van der Waals surface area contributed by atoms with Gasteiger partial charge in [0.1, 0.15) is 0 Å². The van der Waals surface area contributed by atoms with Crippen LogP contribution in [0.5, 0.6) is 0 Å². The van der Waals surface area contributed by atoms with E-state index in [-0.39, 0.29) is 0 Å². The van der Waals surface area contributed by atoms with Crippen molar-refractivity contribution in [1.82, 2.24) is 4.98 Å². The summed E-state index contributed by atoms with van der Waals surface area (Å²) in [6, 6.07) is 2.58. The molecule has 94 valence electrons. The smallest absolute Gasteiger partial charge is 0.0822 e. The normalized spacial score (nSPS) is 17.1. The number of hydrogen-bond donors (Lipinski definition) is 1. The van der Waals surface area contributed by atoms with Gasteiger partial charge in [-0.2, -0.15) is 0 Å². The number of halogens is 1. The Labute approximate surface area is 108 Å². The molecule has 3 nitrogen and oxygen atoms in total. The molecule has 1 saturated carbocycles. The molecule has 0 amide bonds. The highest BCUT2D eigenvalue weighted by molar-refractivity contribution is 6.33. The third-order valence-corrected chi connectivity index (χ3v) is 3.74. The van der Waals surface area contributed by atoms with Gasteiger partial charge in [0.25, 0.3) is 0 Å². The Morgan fingerprint density at radius 1 is 1.35 bits per heavy atom. The fourth-order valence-corrected chi connectivity index (χ4v) is 2.86. The zero-order chi connectivity index (χ0) is 12.1. The first-order valence-electron chi connectivity index (χ1n) is 6.39. The second kappa shape index (κ2) is 6.22. The van der Waals surface area contributed by atoms with Crippen molar-refractivity contribution in [2.45, 2.75) is 38.1 Å². The van der Waals surface area contributed by atoms with E-state index in [9.17, 15) is 0 Å². The molecule has 2 rings (SSSR count). The highest BCUT2D eigenvalue weighted by Gasteiger charge is 2.22. The lowest BCUT2D eigenvalue weighted by Crippen LogP contribution is -2.40. The molecule has 0 saturated heterocycles. The third kappa shape index (κ3) is 3.11. The summed E-state index contributed by atoms with van der Waals surface area (Å²) in [4.78, 5) is 6.41. The second-order valence-electron chi connectivity index (χ2n) is 4.60. The lowest BCUT2D eigenvalue weighted by Gasteiger charge is -2.36. The van der Waals surface area contributed by atoms with Gasteiger partial charge in [0.15, 0.2) is 0 Å². The van der Waals surface area contributed by atoms with E-state index in [4.69, 9.17) is 17.3 Å². The first kappa shape index (κ1) is 12.7. The van der Waals surface area contributed by atoms with Crippen molar-refractivity contribution in [3.8, 4) is 0 Å². The molecule has 1 aromatic heterocycles. The number of aromatic nitrogens is 1. The molecule has 1 heterocycles. The quantitative estimate of drug-likeness (QED) is 0.897. The van der Waals surface area contributed by atoms with Gasteiger partial charge < -0.3 is 10.6 Å². The first-order chi connectivity index (χ1) is 8.33. The summed E-state index contributed by atoms with van der Waals surface area (Å²) in [5.41, 5.74) is 6.81. The van der Waals surface area contributed by atoms with Crippen LogP contribution in [0.25, 0.3) is 0 Å². The summed E-state index contributed by atoms with van der Waals surface area (Å²) in [6.07, 6.45) is 9.99. The average molecular weight is 254 g/mol. The minimum Gasteiger partial charge on any atom is -0.366 e. The SMILES string of the molecule is NCCN(c1ccncc1Cl)C1CCCCC1. The van der Waals surface area contributed by atoms with Crippen molar-refractivity contribution >= 4 is 17.3 Å². The molecular weight excluding hydrogens is 234 g/mol. The minimum absolute atomic E-state index is 0.590. The maximum Gasteiger partial charge on any atom is 0.0822 e. The molecule has 0 unspecified atom stereocenters. The number of rotatable bonds is 4. The fraction of sp³-hybridized carbons (Fsp3) is 0.615. The average Bonchev–Trinajstić information content (AvgIpc) is 2.38. The summed E-state index contributed by atoms with van der Waals surface area (Å²) >= 11 is 6.23. The molecule has 0 bridgehead atoms. The summed E-state index contributed by atoms with van der Waals surface area (Å²) in [5, 5.41) is 0.728. The van der Waals surface area contributed by atoms with Gasteiger partial charge in [-0.25, -0.2) is 0 Å². The van der Waals surface area contributed by atoms with E-state index in [1.165, 1.54) is 32.1 Å². The highest BCUT2D eigenvalue weighted by atomic mass is 35.5. The third-order valence-electron chi connectivity index (χ3n) is 3.45. The molecule has 0 atom stereocenters. The van der Waals surface area contributed by atoms with Crippen LogP contribution >= 0.6 is 11.6 Å². The minimum atomic E-state index is 0.590. The topological polar surface area (TPSA) is 42.1 Å². The Balaban J connectivity index is 2.18. The largest absolute Gasteiger partial charge is 0.366 e. The first-order valence-corrected chi connectivity index (χ1v) is 6.77. The van der Waals surface area contributed by atoms with Crippen molar-refractivity contribution in [3.05, 3.63) is 23.5 Å². The Bertz CT molecular complexity index is 350. The van der Waals surface area contributed by atoms with Crippen molar-refractivity contribution in [2.75, 3.05) is 18.0 Å². The van der Waals surface area contributed by atoms with E-state index in [1.807, 2.05) is 6.07 Å². The maximum atomic E-state index is 6.23. The van der Waals surface area contributed by atoms with Crippen molar-refractivity contribution < 1.29 is 0 Å². The molecule has 0 radical (unpaired) electrons. The zero-order valence-electron chi connectivity index (χ0n) is 10.1. The molecule has 0 spiro atoms. The molecule has 17 heavy (non-hydrogen) atoms. The highest BCUT2D eigenvalue weighted by Crippen LogP contribution is 2.31. The van der Waals surface area contributed by atoms with Crippen LogP contribution in [0.15, 0.2) is 18.5 Å². The van der Waals surface area contributed by atoms with Gasteiger partial charge in [0, 0.05) is 31.5 Å². The number of pyridine rings is 1. The molecule has 4 heteroatoms. The van der Waals surface area contributed by atoms with Crippen LogP contribution in [-0.2, 0) is 0 Å².